The molecule has 0 heterocycles. The average Bonchev–Trinajstić information content (AvgIpc) is 2.72. The van der Waals surface area contributed by atoms with E-state index in [-0.39, 0.29) is 17.2 Å². The Morgan fingerprint density at radius 1 is 0.909 bits per heavy atom. The zero-order chi connectivity index (χ0) is 23.0. The van der Waals surface area contributed by atoms with Crippen molar-refractivity contribution >= 4 is 40.5 Å². The highest BCUT2D eigenvalue weighted by Gasteiger charge is 2.51. The van der Waals surface area contributed by atoms with E-state index in [9.17, 15) is 9.59 Å². The lowest BCUT2D eigenvalue weighted by atomic mass is 9.49. The molecule has 4 fully saturated rings. The number of aryl methyl sites for hydroxylation is 1. The first-order chi connectivity index (χ1) is 15.9. The van der Waals surface area contributed by atoms with Gasteiger partial charge in [0.25, 0.3) is 5.91 Å². The fourth-order valence-corrected chi connectivity index (χ4v) is 7.11. The maximum Gasteiger partial charge on any atom is 0.255 e. The highest BCUT2D eigenvalue weighted by Crippen LogP contribution is 2.61. The van der Waals surface area contributed by atoms with Crippen LogP contribution in [0.3, 0.4) is 0 Å². The van der Waals surface area contributed by atoms with Crippen LogP contribution in [0, 0.1) is 30.1 Å². The van der Waals surface area contributed by atoms with E-state index in [1.54, 1.807) is 6.07 Å². The van der Waals surface area contributed by atoms with Gasteiger partial charge in [0.15, 0.2) is 5.11 Å². The second-order valence-electron chi connectivity index (χ2n) is 10.4. The van der Waals surface area contributed by atoms with Gasteiger partial charge in [-0.05, 0) is 111 Å². The van der Waals surface area contributed by atoms with E-state index in [1.807, 2.05) is 49.4 Å². The van der Waals surface area contributed by atoms with Crippen LogP contribution in [0.2, 0.25) is 0 Å². The molecule has 6 heteroatoms. The molecule has 4 bridgehead atoms. The van der Waals surface area contributed by atoms with Crippen LogP contribution < -0.4 is 16.0 Å². The third-order valence-electron chi connectivity index (χ3n) is 7.72. The Morgan fingerprint density at radius 3 is 2.15 bits per heavy atom. The van der Waals surface area contributed by atoms with Gasteiger partial charge in [-0.25, -0.2) is 0 Å². The van der Waals surface area contributed by atoms with E-state index < -0.39 is 0 Å². The van der Waals surface area contributed by atoms with Crippen LogP contribution in [0.5, 0.6) is 0 Å². The van der Waals surface area contributed by atoms with Crippen molar-refractivity contribution in [2.45, 2.75) is 51.9 Å². The van der Waals surface area contributed by atoms with Crippen LogP contribution in [-0.2, 0) is 4.79 Å². The number of amides is 2. The summed E-state index contributed by atoms with van der Waals surface area (Å²) in [7, 11) is 0. The number of nitrogens with one attached hydrogen (secondary N) is 3. The van der Waals surface area contributed by atoms with Crippen LogP contribution in [0.25, 0.3) is 0 Å². The number of carbonyl (C=O) groups excluding carboxylic acids is 2. The summed E-state index contributed by atoms with van der Waals surface area (Å²) in [5, 5.41) is 9.21. The molecule has 0 unspecified atom stereocenters. The molecule has 5 nitrogen and oxygen atoms in total. The average molecular weight is 462 g/mol. The van der Waals surface area contributed by atoms with Gasteiger partial charge in [0.2, 0.25) is 5.91 Å². The number of hydrogen-bond acceptors (Lipinski definition) is 3. The largest absolute Gasteiger partial charge is 0.332 e. The molecular formula is C27H31N3O2S. The van der Waals surface area contributed by atoms with E-state index in [0.717, 1.165) is 29.0 Å². The number of rotatable bonds is 5. The first-order valence-corrected chi connectivity index (χ1v) is 12.4. The summed E-state index contributed by atoms with van der Waals surface area (Å²) in [5.74, 6) is 2.33. The van der Waals surface area contributed by atoms with E-state index in [0.29, 0.717) is 22.8 Å². The molecule has 4 aliphatic carbocycles. The summed E-state index contributed by atoms with van der Waals surface area (Å²) < 4.78 is 0. The third kappa shape index (κ3) is 4.96. The number of benzene rings is 2. The minimum absolute atomic E-state index is 0.0125. The highest BCUT2D eigenvalue weighted by atomic mass is 32.1. The Kier molecular flexibility index (Phi) is 5.95. The Bertz CT molecular complexity index is 1060. The molecule has 172 valence electrons. The van der Waals surface area contributed by atoms with Gasteiger partial charge in [0.1, 0.15) is 0 Å². The Morgan fingerprint density at radius 2 is 1.52 bits per heavy atom. The zero-order valence-corrected chi connectivity index (χ0v) is 19.8. The lowest BCUT2D eigenvalue weighted by Crippen LogP contribution is -2.48. The summed E-state index contributed by atoms with van der Waals surface area (Å²) in [6, 6.07) is 14.8. The van der Waals surface area contributed by atoms with Gasteiger partial charge in [-0.2, -0.15) is 0 Å². The van der Waals surface area contributed by atoms with Gasteiger partial charge >= 0.3 is 0 Å². The SMILES string of the molecule is Cc1ccccc1C(=O)Nc1cccc(NC(=S)NC(=O)CC23CC4CC(CC(C4)C2)C3)c1. The van der Waals surface area contributed by atoms with Crippen LogP contribution in [0.4, 0.5) is 11.4 Å². The van der Waals surface area contributed by atoms with E-state index in [4.69, 9.17) is 12.2 Å². The molecule has 0 aromatic heterocycles. The minimum atomic E-state index is -0.156. The quantitative estimate of drug-likeness (QED) is 0.502. The minimum Gasteiger partial charge on any atom is -0.332 e. The van der Waals surface area contributed by atoms with Crippen molar-refractivity contribution in [1.29, 1.82) is 0 Å². The topological polar surface area (TPSA) is 70.2 Å². The summed E-state index contributed by atoms with van der Waals surface area (Å²) in [6.07, 6.45) is 8.30. The Hall–Kier alpha value is -2.73. The number of hydrogen-bond donors (Lipinski definition) is 3. The Balaban J connectivity index is 1.16. The molecule has 0 aliphatic heterocycles. The van der Waals surface area contributed by atoms with Gasteiger partial charge in [-0.15, -0.1) is 0 Å². The van der Waals surface area contributed by atoms with Crippen LogP contribution in [0.15, 0.2) is 48.5 Å². The monoisotopic (exact) mass is 461 g/mol. The molecule has 0 atom stereocenters. The van der Waals surface area contributed by atoms with E-state index in [2.05, 4.69) is 16.0 Å². The molecule has 4 saturated carbocycles. The van der Waals surface area contributed by atoms with Crippen molar-refractivity contribution in [3.05, 3.63) is 59.7 Å². The maximum atomic E-state index is 12.8. The molecule has 2 amide bonds. The fourth-order valence-electron chi connectivity index (χ4n) is 6.88. The number of thiocarbonyl (C=S) groups is 1. The van der Waals surface area contributed by atoms with Crippen molar-refractivity contribution in [3.63, 3.8) is 0 Å². The van der Waals surface area contributed by atoms with Gasteiger partial charge < -0.3 is 16.0 Å². The van der Waals surface area contributed by atoms with E-state index >= 15 is 0 Å². The van der Waals surface area contributed by atoms with Gasteiger partial charge in [0.05, 0.1) is 0 Å². The molecule has 2 aromatic carbocycles. The normalized spacial score (nSPS) is 27.1. The molecule has 0 saturated heterocycles. The second-order valence-corrected chi connectivity index (χ2v) is 10.9. The second kappa shape index (κ2) is 8.90. The van der Waals surface area contributed by atoms with Crippen molar-refractivity contribution in [2.75, 3.05) is 10.6 Å². The number of anilines is 2. The van der Waals surface area contributed by atoms with Crippen molar-refractivity contribution in [3.8, 4) is 0 Å². The lowest BCUT2D eigenvalue weighted by Gasteiger charge is -2.56. The zero-order valence-electron chi connectivity index (χ0n) is 19.0. The van der Waals surface area contributed by atoms with Gasteiger partial charge in [-0.3, -0.25) is 9.59 Å². The predicted molar refractivity (Wildman–Crippen MR) is 135 cm³/mol. The van der Waals surface area contributed by atoms with Gasteiger partial charge in [0, 0.05) is 23.4 Å². The fraction of sp³-hybridized carbons (Fsp3) is 0.444. The molecule has 0 radical (unpaired) electrons. The van der Waals surface area contributed by atoms with Crippen molar-refractivity contribution < 1.29 is 9.59 Å². The van der Waals surface area contributed by atoms with Crippen LogP contribution in [0.1, 0.15) is 60.9 Å². The number of carbonyl (C=O) groups is 2. The summed E-state index contributed by atoms with van der Waals surface area (Å²) in [5.41, 5.74) is 3.14. The first-order valence-electron chi connectivity index (χ1n) is 12.0. The highest BCUT2D eigenvalue weighted by molar-refractivity contribution is 7.80. The summed E-state index contributed by atoms with van der Waals surface area (Å²) >= 11 is 5.42. The summed E-state index contributed by atoms with van der Waals surface area (Å²) in [6.45, 7) is 1.91. The summed E-state index contributed by atoms with van der Waals surface area (Å²) in [4.78, 5) is 25.4. The molecule has 6 rings (SSSR count). The third-order valence-corrected chi connectivity index (χ3v) is 7.93. The van der Waals surface area contributed by atoms with Crippen LogP contribution >= 0.6 is 12.2 Å². The molecule has 4 aliphatic rings. The van der Waals surface area contributed by atoms with E-state index in [1.165, 1.54) is 38.5 Å². The maximum absolute atomic E-state index is 12.8. The smallest absolute Gasteiger partial charge is 0.255 e. The van der Waals surface area contributed by atoms with Crippen LogP contribution in [-0.4, -0.2) is 16.9 Å². The van der Waals surface area contributed by atoms with Gasteiger partial charge in [-0.1, -0.05) is 24.3 Å². The first kappa shape index (κ1) is 22.1. The molecule has 3 N–H and O–H groups in total. The molecule has 33 heavy (non-hydrogen) atoms. The van der Waals surface area contributed by atoms with Crippen molar-refractivity contribution in [2.24, 2.45) is 23.2 Å². The molecular weight excluding hydrogens is 430 g/mol. The molecule has 0 spiro atoms. The molecule has 2 aromatic rings. The predicted octanol–water partition coefficient (Wildman–Crippen LogP) is 5.67. The van der Waals surface area contributed by atoms with Crippen molar-refractivity contribution in [1.82, 2.24) is 5.32 Å². The lowest BCUT2D eigenvalue weighted by molar-refractivity contribution is -0.127. The Labute approximate surface area is 200 Å². The standard InChI is InChI=1S/C27H31N3O2S/c1-17-5-2-3-8-23(17)25(32)28-21-6-4-7-22(12-21)29-26(33)30-24(31)16-27-13-18-9-19(14-27)11-20(10-18)15-27/h2-8,12,18-20H,9-11,13-16H2,1H3,(H,28,32)(H2,29,30,31,33).